The van der Waals surface area contributed by atoms with Crippen LogP contribution in [0.5, 0.6) is 0 Å². The van der Waals surface area contributed by atoms with Gasteiger partial charge in [-0.2, -0.15) is 0 Å². The number of carbonyl (C=O) groups is 1. The van der Waals surface area contributed by atoms with Crippen molar-refractivity contribution in [3.63, 3.8) is 0 Å². The fourth-order valence-electron chi connectivity index (χ4n) is 2.15. The maximum atomic E-state index is 11.8. The predicted octanol–water partition coefficient (Wildman–Crippen LogP) is 3.49. The highest BCUT2D eigenvalue weighted by Gasteiger charge is 2.15. The van der Waals surface area contributed by atoms with Gasteiger partial charge in [-0.1, -0.05) is 23.7 Å². The minimum atomic E-state index is 0.0367. The van der Waals surface area contributed by atoms with E-state index < -0.39 is 0 Å². The topological polar surface area (TPSA) is 38.3 Å². The second-order valence-corrected chi connectivity index (χ2v) is 5.03. The molecule has 1 saturated heterocycles. The Labute approximate surface area is 112 Å². The van der Waals surface area contributed by atoms with Crippen molar-refractivity contribution in [3.05, 3.63) is 29.3 Å². The molecule has 0 spiro atoms. The number of para-hydroxylation sites is 1. The fraction of sp³-hybridized carbons (Fsp3) is 0.500. The molecule has 3 nitrogen and oxygen atoms in total. The van der Waals surface area contributed by atoms with Crippen molar-refractivity contribution in [2.75, 3.05) is 18.5 Å². The molecule has 0 saturated carbocycles. The van der Waals surface area contributed by atoms with Gasteiger partial charge in [0, 0.05) is 19.6 Å². The van der Waals surface area contributed by atoms with E-state index in [2.05, 4.69) is 5.32 Å². The van der Waals surface area contributed by atoms with E-state index >= 15 is 0 Å². The number of rotatable bonds is 4. The Hall–Kier alpha value is -1.06. The molecule has 4 heteroatoms. The molecule has 2 rings (SSSR count). The lowest BCUT2D eigenvalue weighted by molar-refractivity contribution is -0.116. The average molecular weight is 268 g/mol. The molecule has 98 valence electrons. The van der Waals surface area contributed by atoms with E-state index in [0.717, 1.165) is 32.5 Å². The smallest absolute Gasteiger partial charge is 0.224 e. The third-order valence-electron chi connectivity index (χ3n) is 3.27. The summed E-state index contributed by atoms with van der Waals surface area (Å²) in [6.45, 7) is 1.66. The Morgan fingerprint density at radius 2 is 2.06 bits per heavy atom. The highest BCUT2D eigenvalue weighted by molar-refractivity contribution is 6.33. The van der Waals surface area contributed by atoms with Gasteiger partial charge in [0.2, 0.25) is 5.91 Å². The Balaban J connectivity index is 1.76. The highest BCUT2D eigenvalue weighted by atomic mass is 35.5. The maximum Gasteiger partial charge on any atom is 0.224 e. The minimum absolute atomic E-state index is 0.0367. The van der Waals surface area contributed by atoms with E-state index in [4.69, 9.17) is 16.3 Å². The van der Waals surface area contributed by atoms with Crippen molar-refractivity contribution in [1.29, 1.82) is 0 Å². The molecular formula is C14H18ClNO2. The summed E-state index contributed by atoms with van der Waals surface area (Å²) in [5.74, 6) is 0.658. The number of halogens is 1. The van der Waals surface area contributed by atoms with Gasteiger partial charge in [-0.15, -0.1) is 0 Å². The standard InChI is InChI=1S/C14H18ClNO2/c15-12-3-1-2-4-13(12)16-14(17)6-5-11-7-9-18-10-8-11/h1-4,11H,5-10H2,(H,16,17). The second-order valence-electron chi connectivity index (χ2n) is 4.62. The van der Waals surface area contributed by atoms with E-state index in [1.54, 1.807) is 6.07 Å². The summed E-state index contributed by atoms with van der Waals surface area (Å²) in [4.78, 5) is 11.8. The molecule has 1 aliphatic rings. The summed E-state index contributed by atoms with van der Waals surface area (Å²) < 4.78 is 5.30. The van der Waals surface area contributed by atoms with Crippen LogP contribution in [-0.4, -0.2) is 19.1 Å². The molecule has 0 aromatic heterocycles. The number of carbonyl (C=O) groups excluding carboxylic acids is 1. The van der Waals surface area contributed by atoms with Gasteiger partial charge in [0.1, 0.15) is 0 Å². The van der Waals surface area contributed by atoms with Crippen molar-refractivity contribution < 1.29 is 9.53 Å². The van der Waals surface area contributed by atoms with Crippen LogP contribution in [-0.2, 0) is 9.53 Å². The van der Waals surface area contributed by atoms with Crippen LogP contribution in [0.15, 0.2) is 24.3 Å². The number of benzene rings is 1. The summed E-state index contributed by atoms with van der Waals surface area (Å²) >= 11 is 5.99. The normalized spacial score (nSPS) is 16.5. The first-order chi connectivity index (χ1) is 8.75. The van der Waals surface area contributed by atoms with Gasteiger partial charge in [-0.25, -0.2) is 0 Å². The Bertz CT molecular complexity index is 403. The Kier molecular flexibility index (Phi) is 5.02. The molecule has 0 bridgehead atoms. The van der Waals surface area contributed by atoms with Gasteiger partial charge in [-0.3, -0.25) is 4.79 Å². The predicted molar refractivity (Wildman–Crippen MR) is 72.9 cm³/mol. The highest BCUT2D eigenvalue weighted by Crippen LogP contribution is 2.23. The zero-order valence-electron chi connectivity index (χ0n) is 10.3. The third kappa shape index (κ3) is 4.00. The first-order valence-corrected chi connectivity index (χ1v) is 6.75. The lowest BCUT2D eigenvalue weighted by atomic mass is 9.95. The van der Waals surface area contributed by atoms with Crippen molar-refractivity contribution >= 4 is 23.2 Å². The minimum Gasteiger partial charge on any atom is -0.381 e. The first-order valence-electron chi connectivity index (χ1n) is 6.38. The largest absolute Gasteiger partial charge is 0.381 e. The molecule has 1 N–H and O–H groups in total. The van der Waals surface area contributed by atoms with E-state index in [-0.39, 0.29) is 5.91 Å². The first kappa shape index (κ1) is 13.4. The van der Waals surface area contributed by atoms with Crippen LogP contribution >= 0.6 is 11.6 Å². The van der Waals surface area contributed by atoms with Crippen LogP contribution < -0.4 is 5.32 Å². The van der Waals surface area contributed by atoms with E-state index in [1.165, 1.54) is 0 Å². The Morgan fingerprint density at radius 1 is 1.33 bits per heavy atom. The molecule has 1 amide bonds. The van der Waals surface area contributed by atoms with Crippen LogP contribution in [0, 0.1) is 5.92 Å². The second kappa shape index (κ2) is 6.76. The van der Waals surface area contributed by atoms with Crippen LogP contribution in [0.25, 0.3) is 0 Å². The number of nitrogens with one attached hydrogen (secondary N) is 1. The molecule has 1 heterocycles. The van der Waals surface area contributed by atoms with Gasteiger partial charge in [0.05, 0.1) is 10.7 Å². The monoisotopic (exact) mass is 267 g/mol. The lowest BCUT2D eigenvalue weighted by Crippen LogP contribution is -2.18. The van der Waals surface area contributed by atoms with Crippen molar-refractivity contribution in [1.82, 2.24) is 0 Å². The number of hydrogen-bond acceptors (Lipinski definition) is 2. The lowest BCUT2D eigenvalue weighted by Gasteiger charge is -2.21. The van der Waals surface area contributed by atoms with Gasteiger partial charge in [0.25, 0.3) is 0 Å². The number of ether oxygens (including phenoxy) is 1. The summed E-state index contributed by atoms with van der Waals surface area (Å²) in [6.07, 6.45) is 3.62. The van der Waals surface area contributed by atoms with Crippen molar-refractivity contribution in [2.24, 2.45) is 5.92 Å². The van der Waals surface area contributed by atoms with Gasteiger partial charge >= 0.3 is 0 Å². The molecule has 1 aromatic carbocycles. The van der Waals surface area contributed by atoms with E-state index in [9.17, 15) is 4.79 Å². The summed E-state index contributed by atoms with van der Waals surface area (Å²) in [7, 11) is 0. The third-order valence-corrected chi connectivity index (χ3v) is 3.60. The number of anilines is 1. The van der Waals surface area contributed by atoms with Gasteiger partial charge in [0.15, 0.2) is 0 Å². The molecule has 0 aliphatic carbocycles. The number of hydrogen-bond donors (Lipinski definition) is 1. The van der Waals surface area contributed by atoms with Crippen molar-refractivity contribution in [2.45, 2.75) is 25.7 Å². The average Bonchev–Trinajstić information content (AvgIpc) is 2.40. The molecule has 1 fully saturated rings. The zero-order valence-corrected chi connectivity index (χ0v) is 11.1. The molecular weight excluding hydrogens is 250 g/mol. The van der Waals surface area contributed by atoms with Crippen LogP contribution in [0.1, 0.15) is 25.7 Å². The molecule has 0 atom stereocenters. The van der Waals surface area contributed by atoms with Crippen LogP contribution in [0.3, 0.4) is 0 Å². The quantitative estimate of drug-likeness (QED) is 0.907. The van der Waals surface area contributed by atoms with Crippen LogP contribution in [0.2, 0.25) is 5.02 Å². The van der Waals surface area contributed by atoms with Crippen LogP contribution in [0.4, 0.5) is 5.69 Å². The Morgan fingerprint density at radius 3 is 2.78 bits per heavy atom. The maximum absolute atomic E-state index is 11.8. The van der Waals surface area contributed by atoms with E-state index in [0.29, 0.717) is 23.0 Å². The molecule has 18 heavy (non-hydrogen) atoms. The zero-order chi connectivity index (χ0) is 12.8. The molecule has 0 radical (unpaired) electrons. The fourth-order valence-corrected chi connectivity index (χ4v) is 2.33. The summed E-state index contributed by atoms with van der Waals surface area (Å²) in [5, 5.41) is 3.43. The molecule has 1 aliphatic heterocycles. The van der Waals surface area contributed by atoms with Gasteiger partial charge in [-0.05, 0) is 37.3 Å². The molecule has 1 aromatic rings. The van der Waals surface area contributed by atoms with Gasteiger partial charge < -0.3 is 10.1 Å². The molecule has 0 unspecified atom stereocenters. The SMILES string of the molecule is O=C(CCC1CCOCC1)Nc1ccccc1Cl. The summed E-state index contributed by atoms with van der Waals surface area (Å²) in [6, 6.07) is 7.30. The van der Waals surface area contributed by atoms with E-state index in [1.807, 2.05) is 18.2 Å². The number of amides is 1. The van der Waals surface area contributed by atoms with Crippen molar-refractivity contribution in [3.8, 4) is 0 Å². The summed E-state index contributed by atoms with van der Waals surface area (Å²) in [5.41, 5.74) is 0.691.